The maximum atomic E-state index is 12.5. The lowest BCUT2D eigenvalue weighted by Crippen LogP contribution is -2.55. The van der Waals surface area contributed by atoms with E-state index >= 15 is 0 Å². The summed E-state index contributed by atoms with van der Waals surface area (Å²) in [5, 5.41) is 15.5. The van der Waals surface area contributed by atoms with Gasteiger partial charge in [0.2, 0.25) is 5.91 Å². The second kappa shape index (κ2) is 8.91. The molecule has 172 valence electrons. The first-order valence-corrected chi connectivity index (χ1v) is 10.5. The number of hydrogen-bond donors (Lipinski definition) is 4. The molecule has 4 rings (SSSR count). The number of aromatic nitrogens is 2. The quantitative estimate of drug-likeness (QED) is 0.559. The van der Waals surface area contributed by atoms with E-state index in [1.54, 1.807) is 12.1 Å². The Bertz CT molecular complexity index is 976. The zero-order chi connectivity index (χ0) is 22.9. The molecule has 2 heterocycles. The molecule has 32 heavy (non-hydrogen) atoms. The van der Waals surface area contributed by atoms with E-state index < -0.39 is 24.7 Å². The largest absolute Gasteiger partial charge is 0.416 e. The maximum Gasteiger partial charge on any atom is 0.416 e. The van der Waals surface area contributed by atoms with Gasteiger partial charge in [-0.25, -0.2) is 5.43 Å². The fourth-order valence-electron chi connectivity index (χ4n) is 4.40. The van der Waals surface area contributed by atoms with Crippen LogP contribution in [0, 0.1) is 11.8 Å². The average Bonchev–Trinajstić information content (AvgIpc) is 3.23. The van der Waals surface area contributed by atoms with Crippen LogP contribution in [0.1, 0.15) is 47.6 Å². The SMILES string of the molecule is O=C(Nc1ccc(C2NNC(=O)C3CCCCC32)cc1)c1cnn(CC(O)C(F)(F)F)c1. The third kappa shape index (κ3) is 4.78. The Morgan fingerprint density at radius 2 is 1.97 bits per heavy atom. The van der Waals surface area contributed by atoms with Crippen LogP contribution in [0.15, 0.2) is 36.7 Å². The summed E-state index contributed by atoms with van der Waals surface area (Å²) in [6, 6.07) is 7.21. The molecule has 0 bridgehead atoms. The first kappa shape index (κ1) is 22.3. The minimum Gasteiger partial charge on any atom is -0.382 e. The summed E-state index contributed by atoms with van der Waals surface area (Å²) in [7, 11) is 0. The molecule has 2 aliphatic rings. The monoisotopic (exact) mass is 451 g/mol. The smallest absolute Gasteiger partial charge is 0.382 e. The standard InChI is InChI=1S/C21H24F3N5O3/c22-21(23,24)17(30)11-29-10-13(9-25-29)19(31)26-14-7-5-12(6-8-14)18-15-3-1-2-4-16(15)20(32)28-27-18/h5-10,15-18,27,30H,1-4,11H2,(H,26,31)(H,28,32). The number of benzene rings is 1. The Morgan fingerprint density at radius 3 is 2.69 bits per heavy atom. The van der Waals surface area contributed by atoms with Crippen LogP contribution in [0.3, 0.4) is 0 Å². The molecule has 0 spiro atoms. The molecule has 4 N–H and O–H groups in total. The summed E-state index contributed by atoms with van der Waals surface area (Å²) in [5.41, 5.74) is 7.45. The molecule has 11 heteroatoms. The number of nitrogens with one attached hydrogen (secondary N) is 3. The fraction of sp³-hybridized carbons (Fsp3) is 0.476. The highest BCUT2D eigenvalue weighted by molar-refractivity contribution is 6.03. The van der Waals surface area contributed by atoms with E-state index in [1.807, 2.05) is 12.1 Å². The molecular weight excluding hydrogens is 427 g/mol. The van der Waals surface area contributed by atoms with Crippen molar-refractivity contribution in [1.82, 2.24) is 20.6 Å². The molecule has 8 nitrogen and oxygen atoms in total. The number of carbonyl (C=O) groups excluding carboxylic acids is 2. The Balaban J connectivity index is 1.39. The van der Waals surface area contributed by atoms with E-state index in [2.05, 4.69) is 21.3 Å². The van der Waals surface area contributed by atoms with Gasteiger partial charge in [-0.3, -0.25) is 19.7 Å². The third-order valence-corrected chi connectivity index (χ3v) is 6.10. The lowest BCUT2D eigenvalue weighted by Gasteiger charge is -2.41. The molecule has 1 aromatic heterocycles. The van der Waals surface area contributed by atoms with Crippen molar-refractivity contribution in [3.63, 3.8) is 0 Å². The van der Waals surface area contributed by atoms with Crippen molar-refractivity contribution < 1.29 is 27.9 Å². The van der Waals surface area contributed by atoms with E-state index in [1.165, 1.54) is 0 Å². The number of nitrogens with zero attached hydrogens (tertiary/aromatic N) is 2. The number of halogens is 3. The molecule has 1 saturated heterocycles. The van der Waals surface area contributed by atoms with Gasteiger partial charge in [-0.15, -0.1) is 0 Å². The highest BCUT2D eigenvalue weighted by Gasteiger charge is 2.40. The number of hydrazine groups is 1. The Hall–Kier alpha value is -2.92. The van der Waals surface area contributed by atoms with Gasteiger partial charge >= 0.3 is 6.18 Å². The molecule has 4 atom stereocenters. The van der Waals surface area contributed by atoms with Crippen LogP contribution < -0.4 is 16.2 Å². The van der Waals surface area contributed by atoms with Crippen molar-refractivity contribution in [2.45, 2.75) is 50.6 Å². The van der Waals surface area contributed by atoms with Crippen LogP contribution in [-0.4, -0.2) is 39.0 Å². The minimum atomic E-state index is -4.76. The highest BCUT2D eigenvalue weighted by atomic mass is 19.4. The molecule has 2 fully saturated rings. The normalized spacial score (nSPS) is 24.4. The second-order valence-electron chi connectivity index (χ2n) is 8.25. The van der Waals surface area contributed by atoms with Gasteiger partial charge < -0.3 is 10.4 Å². The molecule has 1 aliphatic carbocycles. The number of aliphatic hydroxyl groups is 1. The first-order valence-electron chi connectivity index (χ1n) is 10.5. The van der Waals surface area contributed by atoms with E-state index in [-0.39, 0.29) is 29.3 Å². The van der Waals surface area contributed by atoms with Crippen LogP contribution >= 0.6 is 0 Å². The van der Waals surface area contributed by atoms with Crippen LogP contribution in [0.2, 0.25) is 0 Å². The molecule has 1 aromatic carbocycles. The second-order valence-corrected chi connectivity index (χ2v) is 8.25. The van der Waals surface area contributed by atoms with Crippen molar-refractivity contribution in [1.29, 1.82) is 0 Å². The summed E-state index contributed by atoms with van der Waals surface area (Å²) < 4.78 is 38.3. The summed E-state index contributed by atoms with van der Waals surface area (Å²) in [6.45, 7) is -0.793. The third-order valence-electron chi connectivity index (χ3n) is 6.10. The summed E-state index contributed by atoms with van der Waals surface area (Å²) in [4.78, 5) is 24.5. The van der Waals surface area contributed by atoms with Gasteiger partial charge in [-0.05, 0) is 36.5 Å². The number of alkyl halides is 3. The summed E-state index contributed by atoms with van der Waals surface area (Å²) in [5.74, 6) is -0.267. The van der Waals surface area contributed by atoms with Crippen molar-refractivity contribution >= 4 is 17.5 Å². The van der Waals surface area contributed by atoms with E-state index in [0.29, 0.717) is 5.69 Å². The van der Waals surface area contributed by atoms with Crippen molar-refractivity contribution in [2.24, 2.45) is 11.8 Å². The van der Waals surface area contributed by atoms with Crippen molar-refractivity contribution in [3.8, 4) is 0 Å². The van der Waals surface area contributed by atoms with E-state index in [4.69, 9.17) is 5.11 Å². The van der Waals surface area contributed by atoms with Crippen LogP contribution in [0.5, 0.6) is 0 Å². The Kier molecular flexibility index (Phi) is 6.20. The number of amides is 2. The Morgan fingerprint density at radius 1 is 1.25 bits per heavy atom. The van der Waals surface area contributed by atoms with E-state index in [9.17, 15) is 22.8 Å². The molecule has 1 saturated carbocycles. The van der Waals surface area contributed by atoms with E-state index in [0.717, 1.165) is 48.3 Å². The number of fused-ring (bicyclic) bond motifs is 1. The van der Waals surface area contributed by atoms with Crippen molar-refractivity contribution in [3.05, 3.63) is 47.8 Å². The topological polar surface area (TPSA) is 108 Å². The number of anilines is 1. The molecule has 1 aliphatic heterocycles. The minimum absolute atomic E-state index is 0.00165. The highest BCUT2D eigenvalue weighted by Crippen LogP contribution is 2.40. The summed E-state index contributed by atoms with van der Waals surface area (Å²) >= 11 is 0. The maximum absolute atomic E-state index is 12.5. The molecule has 2 aromatic rings. The number of aliphatic hydroxyl groups excluding tert-OH is 1. The van der Waals surface area contributed by atoms with Gasteiger partial charge in [-0.1, -0.05) is 25.0 Å². The van der Waals surface area contributed by atoms with Crippen LogP contribution in [0.4, 0.5) is 18.9 Å². The van der Waals surface area contributed by atoms with Gasteiger partial charge in [0.1, 0.15) is 0 Å². The molecule has 4 unspecified atom stereocenters. The molecule has 2 amide bonds. The number of rotatable bonds is 5. The number of carbonyl (C=O) groups is 2. The predicted octanol–water partition coefficient (Wildman–Crippen LogP) is 2.54. The van der Waals surface area contributed by atoms with Crippen LogP contribution in [-0.2, 0) is 11.3 Å². The average molecular weight is 451 g/mol. The summed E-state index contributed by atoms with van der Waals surface area (Å²) in [6.07, 6.45) is -1.03. The fourth-order valence-corrected chi connectivity index (χ4v) is 4.40. The lowest BCUT2D eigenvalue weighted by atomic mass is 9.72. The zero-order valence-corrected chi connectivity index (χ0v) is 17.1. The van der Waals surface area contributed by atoms with Gasteiger partial charge in [-0.2, -0.15) is 18.3 Å². The predicted molar refractivity (Wildman–Crippen MR) is 108 cm³/mol. The van der Waals surface area contributed by atoms with Gasteiger partial charge in [0.05, 0.1) is 24.3 Å². The zero-order valence-electron chi connectivity index (χ0n) is 17.1. The van der Waals surface area contributed by atoms with Crippen LogP contribution in [0.25, 0.3) is 0 Å². The van der Waals surface area contributed by atoms with Crippen molar-refractivity contribution in [2.75, 3.05) is 5.32 Å². The lowest BCUT2D eigenvalue weighted by molar-refractivity contribution is -0.208. The van der Waals surface area contributed by atoms with Gasteiger partial charge in [0.15, 0.2) is 6.10 Å². The first-order chi connectivity index (χ1) is 15.2. The number of hydrogen-bond acceptors (Lipinski definition) is 5. The molecule has 0 radical (unpaired) electrons. The Labute approximate surface area is 182 Å². The van der Waals surface area contributed by atoms with Gasteiger partial charge in [0.25, 0.3) is 5.91 Å². The van der Waals surface area contributed by atoms with Gasteiger partial charge in [0, 0.05) is 17.8 Å². The molecular formula is C21H24F3N5O3.